The van der Waals surface area contributed by atoms with Gasteiger partial charge in [-0.05, 0) is 54.3 Å². The van der Waals surface area contributed by atoms with Gasteiger partial charge in [-0.3, -0.25) is 4.79 Å². The first-order valence-electron chi connectivity index (χ1n) is 7.41. The fraction of sp³-hybridized carbons (Fsp3) is 0.176. The SMILES string of the molecule is O=C(N[C@H]1CCc2ccc(F)cc21)c1ccc2[nH]c(=O)[nH]c2c1. The summed E-state index contributed by atoms with van der Waals surface area (Å²) in [6.07, 6.45) is 1.58. The van der Waals surface area contributed by atoms with Crippen LogP contribution in [-0.2, 0) is 6.42 Å². The molecule has 1 heterocycles. The molecule has 0 aliphatic heterocycles. The summed E-state index contributed by atoms with van der Waals surface area (Å²) < 4.78 is 13.4. The van der Waals surface area contributed by atoms with Gasteiger partial charge in [-0.1, -0.05) is 6.07 Å². The van der Waals surface area contributed by atoms with Gasteiger partial charge in [0.15, 0.2) is 0 Å². The maximum atomic E-state index is 13.4. The summed E-state index contributed by atoms with van der Waals surface area (Å²) >= 11 is 0. The quantitative estimate of drug-likeness (QED) is 0.679. The third-order valence-electron chi connectivity index (χ3n) is 4.27. The number of hydrogen-bond donors (Lipinski definition) is 3. The fourth-order valence-electron chi connectivity index (χ4n) is 3.14. The van der Waals surface area contributed by atoms with E-state index in [0.29, 0.717) is 16.6 Å². The second-order valence-electron chi connectivity index (χ2n) is 5.75. The maximum Gasteiger partial charge on any atom is 0.323 e. The van der Waals surface area contributed by atoms with Gasteiger partial charge in [0.2, 0.25) is 0 Å². The number of nitrogens with one attached hydrogen (secondary N) is 3. The van der Waals surface area contributed by atoms with E-state index in [1.165, 1.54) is 12.1 Å². The molecule has 4 rings (SSSR count). The average molecular weight is 311 g/mol. The van der Waals surface area contributed by atoms with Gasteiger partial charge in [0.05, 0.1) is 17.1 Å². The number of H-pyrrole nitrogens is 2. The predicted octanol–water partition coefficient (Wildman–Crippen LogP) is 2.41. The molecule has 1 atom stereocenters. The normalized spacial score (nSPS) is 16.5. The predicted molar refractivity (Wildman–Crippen MR) is 83.8 cm³/mol. The van der Waals surface area contributed by atoms with E-state index in [1.54, 1.807) is 24.3 Å². The lowest BCUT2D eigenvalue weighted by molar-refractivity contribution is 0.0937. The van der Waals surface area contributed by atoms with Crippen LogP contribution in [0.1, 0.15) is 33.9 Å². The van der Waals surface area contributed by atoms with Crippen molar-refractivity contribution in [3.8, 4) is 0 Å². The number of carbonyl (C=O) groups excluding carboxylic acids is 1. The Labute approximate surface area is 130 Å². The molecular weight excluding hydrogens is 297 g/mol. The van der Waals surface area contributed by atoms with Crippen molar-refractivity contribution in [3.05, 3.63) is 69.4 Å². The Morgan fingerprint density at radius 2 is 1.96 bits per heavy atom. The Balaban J connectivity index is 1.60. The van der Waals surface area contributed by atoms with Crippen molar-refractivity contribution < 1.29 is 9.18 Å². The molecule has 0 saturated carbocycles. The number of imidazole rings is 1. The number of aromatic nitrogens is 2. The van der Waals surface area contributed by atoms with Crippen LogP contribution >= 0.6 is 0 Å². The van der Waals surface area contributed by atoms with Crippen LogP contribution in [0.25, 0.3) is 11.0 Å². The van der Waals surface area contributed by atoms with Crippen LogP contribution in [0.4, 0.5) is 4.39 Å². The molecule has 23 heavy (non-hydrogen) atoms. The van der Waals surface area contributed by atoms with E-state index in [1.807, 2.05) is 0 Å². The van der Waals surface area contributed by atoms with Crippen molar-refractivity contribution in [1.29, 1.82) is 0 Å². The topological polar surface area (TPSA) is 77.8 Å². The van der Waals surface area contributed by atoms with Crippen LogP contribution in [0.5, 0.6) is 0 Å². The first kappa shape index (κ1) is 13.8. The molecular formula is C17H14FN3O2. The number of amides is 1. The molecule has 0 bridgehead atoms. The summed E-state index contributed by atoms with van der Waals surface area (Å²) in [5, 5.41) is 2.94. The van der Waals surface area contributed by atoms with Crippen molar-refractivity contribution in [3.63, 3.8) is 0 Å². The van der Waals surface area contributed by atoms with E-state index in [0.717, 1.165) is 24.0 Å². The number of rotatable bonds is 2. The highest BCUT2D eigenvalue weighted by molar-refractivity contribution is 5.97. The van der Waals surface area contributed by atoms with Gasteiger partial charge in [-0.15, -0.1) is 0 Å². The Bertz CT molecular complexity index is 973. The molecule has 2 aromatic carbocycles. The maximum absolute atomic E-state index is 13.4. The minimum absolute atomic E-state index is 0.186. The second-order valence-corrected chi connectivity index (χ2v) is 5.75. The minimum atomic E-state index is -0.308. The molecule has 0 saturated heterocycles. The number of halogens is 1. The second kappa shape index (κ2) is 5.08. The molecule has 0 fully saturated rings. The minimum Gasteiger partial charge on any atom is -0.345 e. The van der Waals surface area contributed by atoms with E-state index in [9.17, 15) is 14.0 Å². The average Bonchev–Trinajstić information content (AvgIpc) is 3.09. The number of benzene rings is 2. The summed E-state index contributed by atoms with van der Waals surface area (Å²) in [5.41, 5.74) is 3.30. The summed E-state index contributed by atoms with van der Waals surface area (Å²) in [6, 6.07) is 9.48. The number of hydrogen-bond acceptors (Lipinski definition) is 2. The molecule has 1 amide bonds. The van der Waals surface area contributed by atoms with E-state index < -0.39 is 0 Å². The van der Waals surface area contributed by atoms with Gasteiger partial charge >= 0.3 is 5.69 Å². The van der Waals surface area contributed by atoms with Crippen molar-refractivity contribution in [2.75, 3.05) is 0 Å². The summed E-state index contributed by atoms with van der Waals surface area (Å²) in [4.78, 5) is 29.0. The zero-order valence-corrected chi connectivity index (χ0v) is 12.2. The molecule has 3 aromatic rings. The fourth-order valence-corrected chi connectivity index (χ4v) is 3.14. The van der Waals surface area contributed by atoms with Crippen LogP contribution in [-0.4, -0.2) is 15.9 Å². The van der Waals surface area contributed by atoms with Crippen molar-refractivity contribution >= 4 is 16.9 Å². The highest BCUT2D eigenvalue weighted by Crippen LogP contribution is 2.31. The summed E-state index contributed by atoms with van der Waals surface area (Å²) in [7, 11) is 0. The first-order valence-corrected chi connectivity index (χ1v) is 7.41. The number of carbonyl (C=O) groups is 1. The Kier molecular flexibility index (Phi) is 3.04. The number of fused-ring (bicyclic) bond motifs is 2. The largest absolute Gasteiger partial charge is 0.345 e. The van der Waals surface area contributed by atoms with E-state index in [4.69, 9.17) is 0 Å². The Morgan fingerprint density at radius 3 is 2.83 bits per heavy atom. The standard InChI is InChI=1S/C17H14FN3O2/c18-11-4-1-9-2-5-13(12(9)8-11)19-16(22)10-3-6-14-15(7-10)21-17(23)20-14/h1,3-4,6-8,13H,2,5H2,(H,19,22)(H2,20,21,23)/t13-/m0/s1. The summed E-state index contributed by atoms with van der Waals surface area (Å²) in [6.45, 7) is 0. The molecule has 0 unspecified atom stereocenters. The lowest BCUT2D eigenvalue weighted by atomic mass is 10.1. The highest BCUT2D eigenvalue weighted by Gasteiger charge is 2.24. The molecule has 1 aliphatic carbocycles. The van der Waals surface area contributed by atoms with E-state index >= 15 is 0 Å². The van der Waals surface area contributed by atoms with Crippen LogP contribution in [0.15, 0.2) is 41.2 Å². The molecule has 1 aromatic heterocycles. The van der Waals surface area contributed by atoms with Gasteiger partial charge in [0.25, 0.3) is 5.91 Å². The van der Waals surface area contributed by atoms with Crippen molar-refractivity contribution in [1.82, 2.24) is 15.3 Å². The monoisotopic (exact) mass is 311 g/mol. The molecule has 3 N–H and O–H groups in total. The van der Waals surface area contributed by atoms with Crippen LogP contribution in [0, 0.1) is 5.82 Å². The van der Waals surface area contributed by atoms with Gasteiger partial charge < -0.3 is 15.3 Å². The zero-order chi connectivity index (χ0) is 16.0. The van der Waals surface area contributed by atoms with Crippen molar-refractivity contribution in [2.45, 2.75) is 18.9 Å². The first-order chi connectivity index (χ1) is 11.1. The van der Waals surface area contributed by atoms with E-state index in [-0.39, 0.29) is 23.5 Å². The molecule has 5 nitrogen and oxygen atoms in total. The van der Waals surface area contributed by atoms with Crippen LogP contribution in [0.2, 0.25) is 0 Å². The van der Waals surface area contributed by atoms with Gasteiger partial charge in [0, 0.05) is 5.56 Å². The lowest BCUT2D eigenvalue weighted by Gasteiger charge is -2.14. The molecule has 0 radical (unpaired) electrons. The summed E-state index contributed by atoms with van der Waals surface area (Å²) in [5.74, 6) is -0.535. The Morgan fingerprint density at radius 1 is 1.13 bits per heavy atom. The number of aromatic amines is 2. The third-order valence-corrected chi connectivity index (χ3v) is 4.27. The third kappa shape index (κ3) is 2.42. The van der Waals surface area contributed by atoms with Crippen molar-refractivity contribution in [2.24, 2.45) is 0 Å². The van der Waals surface area contributed by atoms with Crippen LogP contribution < -0.4 is 11.0 Å². The molecule has 116 valence electrons. The van der Waals surface area contributed by atoms with Crippen LogP contribution in [0.3, 0.4) is 0 Å². The van der Waals surface area contributed by atoms with Gasteiger partial charge in [-0.25, -0.2) is 9.18 Å². The zero-order valence-electron chi connectivity index (χ0n) is 12.2. The molecule has 1 aliphatic rings. The highest BCUT2D eigenvalue weighted by atomic mass is 19.1. The molecule has 0 spiro atoms. The molecule has 6 heteroatoms. The Hall–Kier alpha value is -2.89. The lowest BCUT2D eigenvalue weighted by Crippen LogP contribution is -2.27. The number of aryl methyl sites for hydroxylation is 1. The smallest absolute Gasteiger partial charge is 0.323 e. The van der Waals surface area contributed by atoms with Gasteiger partial charge in [0.1, 0.15) is 5.82 Å². The van der Waals surface area contributed by atoms with E-state index in [2.05, 4.69) is 15.3 Å². The van der Waals surface area contributed by atoms with Gasteiger partial charge in [-0.2, -0.15) is 0 Å².